The number of hydrogen-bond donors (Lipinski definition) is 0. The van der Waals surface area contributed by atoms with Gasteiger partial charge in [0, 0.05) is 17.0 Å². The number of benzene rings is 1. The fraction of sp³-hybridized carbons (Fsp3) is 0.588. The summed E-state index contributed by atoms with van der Waals surface area (Å²) in [5.74, 6) is 0.829. The number of hydrogen-bond acceptors (Lipinski definition) is 4. The van der Waals surface area contributed by atoms with Gasteiger partial charge in [-0.3, -0.25) is 4.79 Å². The van der Waals surface area contributed by atoms with E-state index in [1.54, 1.807) is 11.8 Å². The van der Waals surface area contributed by atoms with Crippen LogP contribution < -0.4 is 0 Å². The van der Waals surface area contributed by atoms with Gasteiger partial charge in [-0.05, 0) is 56.4 Å². The van der Waals surface area contributed by atoms with Crippen molar-refractivity contribution in [2.75, 3.05) is 17.3 Å². The molecular formula is C17H23NO3S2. The second kappa shape index (κ2) is 6.48. The maximum atomic E-state index is 12.7. The van der Waals surface area contributed by atoms with E-state index in [1.807, 2.05) is 11.0 Å². The molecule has 1 aromatic rings. The van der Waals surface area contributed by atoms with Crippen molar-refractivity contribution >= 4 is 27.5 Å². The highest BCUT2D eigenvalue weighted by molar-refractivity contribution is 8.00. The third-order valence-electron chi connectivity index (χ3n) is 4.67. The highest BCUT2D eigenvalue weighted by Gasteiger charge is 2.41. The van der Waals surface area contributed by atoms with Crippen LogP contribution in [0.3, 0.4) is 0 Å². The molecule has 2 aliphatic rings. The lowest BCUT2D eigenvalue weighted by molar-refractivity contribution is -0.130. The minimum atomic E-state index is -2.96. The molecule has 0 aromatic heterocycles. The molecule has 0 N–H and O–H groups in total. The van der Waals surface area contributed by atoms with Gasteiger partial charge in [0.25, 0.3) is 0 Å². The van der Waals surface area contributed by atoms with Crippen LogP contribution in [0, 0.1) is 13.8 Å². The Hall–Kier alpha value is -1.01. The van der Waals surface area contributed by atoms with E-state index < -0.39 is 9.84 Å². The molecule has 1 saturated carbocycles. The summed E-state index contributed by atoms with van der Waals surface area (Å²) in [7, 11) is -2.96. The van der Waals surface area contributed by atoms with Gasteiger partial charge in [0.1, 0.15) is 0 Å². The number of carbonyl (C=O) groups excluding carboxylic acids is 1. The fourth-order valence-corrected chi connectivity index (χ4v) is 5.65. The zero-order chi connectivity index (χ0) is 16.6. The fourth-order valence-electron chi connectivity index (χ4n) is 3.08. The molecule has 1 saturated heterocycles. The maximum absolute atomic E-state index is 12.7. The van der Waals surface area contributed by atoms with E-state index in [1.165, 1.54) is 11.1 Å². The Morgan fingerprint density at radius 1 is 1.17 bits per heavy atom. The molecule has 0 bridgehead atoms. The van der Waals surface area contributed by atoms with E-state index in [0.29, 0.717) is 12.2 Å². The van der Waals surface area contributed by atoms with Crippen LogP contribution in [-0.2, 0) is 14.6 Å². The number of sulfone groups is 1. The number of thioether (sulfide) groups is 1. The van der Waals surface area contributed by atoms with Crippen molar-refractivity contribution < 1.29 is 13.2 Å². The van der Waals surface area contributed by atoms with Crippen LogP contribution in [0.25, 0.3) is 0 Å². The van der Waals surface area contributed by atoms with Gasteiger partial charge in [-0.1, -0.05) is 6.07 Å². The molecule has 1 amide bonds. The number of amides is 1. The van der Waals surface area contributed by atoms with Crippen molar-refractivity contribution in [3.05, 3.63) is 29.3 Å². The zero-order valence-electron chi connectivity index (χ0n) is 13.6. The van der Waals surface area contributed by atoms with Crippen molar-refractivity contribution in [3.63, 3.8) is 0 Å². The van der Waals surface area contributed by atoms with Crippen LogP contribution in [0.2, 0.25) is 0 Å². The molecule has 3 rings (SSSR count). The molecule has 6 heteroatoms. The van der Waals surface area contributed by atoms with E-state index in [-0.39, 0.29) is 29.5 Å². The lowest BCUT2D eigenvalue weighted by atomic mass is 10.1. The summed E-state index contributed by atoms with van der Waals surface area (Å²) in [5, 5.41) is 0. The number of carbonyl (C=O) groups is 1. The van der Waals surface area contributed by atoms with Crippen LogP contribution >= 0.6 is 11.8 Å². The third-order valence-corrected chi connectivity index (χ3v) is 7.40. The molecule has 2 fully saturated rings. The Morgan fingerprint density at radius 3 is 2.48 bits per heavy atom. The van der Waals surface area contributed by atoms with Crippen molar-refractivity contribution in [1.29, 1.82) is 0 Å². The molecule has 1 unspecified atom stereocenters. The SMILES string of the molecule is Cc1ccc(SCC(=O)N(C2CC2)C2CCS(=O)(=O)C2)cc1C. The number of rotatable bonds is 5. The summed E-state index contributed by atoms with van der Waals surface area (Å²) >= 11 is 1.54. The lowest BCUT2D eigenvalue weighted by Gasteiger charge is -2.28. The second-order valence-electron chi connectivity index (χ2n) is 6.62. The van der Waals surface area contributed by atoms with Gasteiger partial charge in [-0.15, -0.1) is 11.8 Å². The molecule has 1 heterocycles. The third kappa shape index (κ3) is 4.10. The van der Waals surface area contributed by atoms with Crippen LogP contribution in [0.1, 0.15) is 30.4 Å². The van der Waals surface area contributed by atoms with Gasteiger partial charge < -0.3 is 4.90 Å². The standard InChI is InChI=1S/C17H23NO3S2/c1-12-3-6-16(9-13(12)2)22-10-17(19)18(14-4-5-14)15-7-8-23(20,21)11-15/h3,6,9,14-15H,4-5,7-8,10-11H2,1-2H3. The highest BCUT2D eigenvalue weighted by Crippen LogP contribution is 2.33. The molecule has 1 aliphatic heterocycles. The van der Waals surface area contributed by atoms with Crippen LogP contribution in [0.15, 0.2) is 23.1 Å². The van der Waals surface area contributed by atoms with Crippen molar-refractivity contribution in [1.82, 2.24) is 4.90 Å². The molecule has 126 valence electrons. The van der Waals surface area contributed by atoms with Gasteiger partial charge >= 0.3 is 0 Å². The van der Waals surface area contributed by atoms with Crippen molar-refractivity contribution in [2.45, 2.75) is 50.1 Å². The summed E-state index contributed by atoms with van der Waals surface area (Å²) in [6.45, 7) is 4.14. The summed E-state index contributed by atoms with van der Waals surface area (Å²) in [6.07, 6.45) is 2.62. The molecule has 1 aliphatic carbocycles. The molecular weight excluding hydrogens is 330 g/mol. The predicted molar refractivity (Wildman–Crippen MR) is 93.6 cm³/mol. The monoisotopic (exact) mass is 353 g/mol. The summed E-state index contributed by atoms with van der Waals surface area (Å²) in [6, 6.07) is 6.38. The van der Waals surface area contributed by atoms with E-state index in [2.05, 4.69) is 26.0 Å². The molecule has 23 heavy (non-hydrogen) atoms. The Kier molecular flexibility index (Phi) is 4.74. The van der Waals surface area contributed by atoms with E-state index in [0.717, 1.165) is 17.7 Å². The molecule has 0 spiro atoms. The van der Waals surface area contributed by atoms with Crippen LogP contribution in [0.4, 0.5) is 0 Å². The molecule has 4 nitrogen and oxygen atoms in total. The first-order valence-corrected chi connectivity index (χ1v) is 10.9. The highest BCUT2D eigenvalue weighted by atomic mass is 32.2. The van der Waals surface area contributed by atoms with Gasteiger partial charge in [0.15, 0.2) is 9.84 Å². The minimum absolute atomic E-state index is 0.0813. The summed E-state index contributed by atoms with van der Waals surface area (Å²) in [4.78, 5) is 15.6. The van der Waals surface area contributed by atoms with Gasteiger partial charge in [0.05, 0.1) is 17.3 Å². The van der Waals surface area contributed by atoms with Crippen molar-refractivity contribution in [2.24, 2.45) is 0 Å². The van der Waals surface area contributed by atoms with E-state index in [9.17, 15) is 13.2 Å². The van der Waals surface area contributed by atoms with E-state index >= 15 is 0 Å². The van der Waals surface area contributed by atoms with Crippen LogP contribution in [-0.4, -0.2) is 48.6 Å². The molecule has 1 atom stereocenters. The average Bonchev–Trinajstić information content (AvgIpc) is 3.24. The Balaban J connectivity index is 1.64. The van der Waals surface area contributed by atoms with Crippen LogP contribution in [0.5, 0.6) is 0 Å². The van der Waals surface area contributed by atoms with Crippen molar-refractivity contribution in [3.8, 4) is 0 Å². The lowest BCUT2D eigenvalue weighted by Crippen LogP contribution is -2.43. The quantitative estimate of drug-likeness (QED) is 0.764. The topological polar surface area (TPSA) is 54.5 Å². The summed E-state index contributed by atoms with van der Waals surface area (Å²) < 4.78 is 23.4. The zero-order valence-corrected chi connectivity index (χ0v) is 15.3. The number of aryl methyl sites for hydroxylation is 2. The van der Waals surface area contributed by atoms with Gasteiger partial charge in [0.2, 0.25) is 5.91 Å². The van der Waals surface area contributed by atoms with Gasteiger partial charge in [-0.2, -0.15) is 0 Å². The largest absolute Gasteiger partial charge is 0.335 e. The first kappa shape index (κ1) is 16.8. The Labute approximate surface area is 142 Å². The Morgan fingerprint density at radius 2 is 1.91 bits per heavy atom. The first-order chi connectivity index (χ1) is 10.9. The average molecular weight is 354 g/mol. The Bertz CT molecular complexity index is 711. The normalized spacial score (nSPS) is 23.0. The second-order valence-corrected chi connectivity index (χ2v) is 9.90. The maximum Gasteiger partial charge on any atom is 0.233 e. The number of nitrogens with zero attached hydrogens (tertiary/aromatic N) is 1. The molecule has 0 radical (unpaired) electrons. The molecule has 1 aromatic carbocycles. The summed E-state index contributed by atoms with van der Waals surface area (Å²) in [5.41, 5.74) is 2.47. The first-order valence-electron chi connectivity index (χ1n) is 8.07. The predicted octanol–water partition coefficient (Wildman–Crippen LogP) is 2.57. The minimum Gasteiger partial charge on any atom is -0.335 e. The smallest absolute Gasteiger partial charge is 0.233 e. The van der Waals surface area contributed by atoms with Gasteiger partial charge in [-0.25, -0.2) is 8.42 Å². The van der Waals surface area contributed by atoms with E-state index in [4.69, 9.17) is 0 Å².